The van der Waals surface area contributed by atoms with Gasteiger partial charge in [-0.25, -0.2) is 4.79 Å². The number of methoxy groups -OCH3 is 1. The number of carbonyl (C=O) groups is 2. The van der Waals surface area contributed by atoms with Crippen molar-refractivity contribution in [3.8, 4) is 22.6 Å². The van der Waals surface area contributed by atoms with Gasteiger partial charge in [0, 0.05) is 12.1 Å². The second-order valence-corrected chi connectivity index (χ2v) is 10.0. The zero-order chi connectivity index (χ0) is 26.6. The molecule has 3 aromatic carbocycles. The van der Waals surface area contributed by atoms with Crippen LogP contribution in [0.15, 0.2) is 65.6 Å². The van der Waals surface area contributed by atoms with Gasteiger partial charge in [-0.15, -0.1) is 0 Å². The van der Waals surface area contributed by atoms with Crippen molar-refractivity contribution in [1.82, 2.24) is 20.3 Å². The van der Waals surface area contributed by atoms with Crippen molar-refractivity contribution >= 4 is 57.3 Å². The molecular weight excluding hydrogens is 524 g/mol. The lowest BCUT2D eigenvalue weighted by molar-refractivity contribution is -0.122. The van der Waals surface area contributed by atoms with Gasteiger partial charge >= 0.3 is 5.97 Å². The largest absolute Gasteiger partial charge is 0.496 e. The van der Waals surface area contributed by atoms with Gasteiger partial charge in [0.05, 0.1) is 24.2 Å². The third-order valence-electron chi connectivity index (χ3n) is 5.92. The Labute approximate surface area is 227 Å². The van der Waals surface area contributed by atoms with Crippen LogP contribution in [0.5, 0.6) is 11.5 Å². The Balaban J connectivity index is 1.26. The molecule has 4 aromatic rings. The highest BCUT2D eigenvalue weighted by Crippen LogP contribution is 2.36. The lowest BCUT2D eigenvalue weighted by atomic mass is 10.0. The van der Waals surface area contributed by atoms with Gasteiger partial charge in [-0.3, -0.25) is 9.69 Å². The highest BCUT2D eigenvalue weighted by atomic mass is 32.2. The molecule has 1 saturated heterocycles. The number of rotatable bonds is 9. The number of benzene rings is 3. The highest BCUT2D eigenvalue weighted by molar-refractivity contribution is 8.26. The van der Waals surface area contributed by atoms with Crippen molar-refractivity contribution in [2.75, 3.05) is 20.3 Å². The van der Waals surface area contributed by atoms with Crippen molar-refractivity contribution < 1.29 is 24.2 Å². The van der Waals surface area contributed by atoms with E-state index in [1.165, 1.54) is 23.9 Å². The van der Waals surface area contributed by atoms with Crippen LogP contribution in [0.2, 0.25) is 0 Å². The molecule has 1 amide bonds. The number of carboxylic acid groups (broad SMARTS) is 1. The van der Waals surface area contributed by atoms with E-state index in [0.717, 1.165) is 27.7 Å². The average molecular weight is 547 g/mol. The molecule has 192 valence electrons. The SMILES string of the molecule is COc1ccc(C=C2SC(=S)N(CCCOc3ccc(C(=O)O)cc3)C2=O)cc1-c1ccc2n[nH]nc2c1. The summed E-state index contributed by atoms with van der Waals surface area (Å²) in [6, 6.07) is 17.7. The summed E-state index contributed by atoms with van der Waals surface area (Å²) in [7, 11) is 1.62. The van der Waals surface area contributed by atoms with Crippen molar-refractivity contribution in [2.24, 2.45) is 0 Å². The summed E-state index contributed by atoms with van der Waals surface area (Å²) < 4.78 is 11.7. The summed E-state index contributed by atoms with van der Waals surface area (Å²) in [6.07, 6.45) is 2.40. The molecule has 0 saturated carbocycles. The standard InChI is InChI=1S/C27H22N4O5S2/c1-35-23-10-3-16(13-20(23)18-6-9-21-22(15-18)29-30-28-21)14-24-25(32)31(27(37)38-24)11-2-12-36-19-7-4-17(5-8-19)26(33)34/h3-10,13-15H,2,11-12H2,1H3,(H,33,34)(H,28,29,30). The van der Waals surface area contributed by atoms with Gasteiger partial charge in [0.1, 0.15) is 26.9 Å². The van der Waals surface area contributed by atoms with Crippen LogP contribution in [-0.2, 0) is 4.79 Å². The first kappa shape index (κ1) is 25.4. The molecule has 2 N–H and O–H groups in total. The number of aromatic carboxylic acids is 1. The zero-order valence-corrected chi connectivity index (χ0v) is 21.8. The summed E-state index contributed by atoms with van der Waals surface area (Å²) in [4.78, 5) is 26.2. The lowest BCUT2D eigenvalue weighted by Gasteiger charge is -2.14. The summed E-state index contributed by atoms with van der Waals surface area (Å²) in [5.41, 5.74) is 4.35. The van der Waals surface area contributed by atoms with E-state index in [2.05, 4.69) is 15.4 Å². The third-order valence-corrected chi connectivity index (χ3v) is 7.30. The fraction of sp³-hybridized carbons (Fsp3) is 0.148. The number of hydrogen-bond acceptors (Lipinski definition) is 8. The molecule has 2 heterocycles. The highest BCUT2D eigenvalue weighted by Gasteiger charge is 2.31. The van der Waals surface area contributed by atoms with Crippen LogP contribution in [0.4, 0.5) is 0 Å². The number of thioether (sulfide) groups is 1. The Hall–Kier alpha value is -4.22. The minimum Gasteiger partial charge on any atom is -0.496 e. The lowest BCUT2D eigenvalue weighted by Crippen LogP contribution is -2.29. The second kappa shape index (κ2) is 11.0. The maximum Gasteiger partial charge on any atom is 0.335 e. The smallest absolute Gasteiger partial charge is 0.335 e. The monoisotopic (exact) mass is 546 g/mol. The van der Waals surface area contributed by atoms with E-state index in [9.17, 15) is 9.59 Å². The minimum absolute atomic E-state index is 0.146. The number of amides is 1. The number of hydrogen-bond donors (Lipinski definition) is 2. The van der Waals surface area contributed by atoms with Crippen LogP contribution in [0.3, 0.4) is 0 Å². The van der Waals surface area contributed by atoms with Gasteiger partial charge in [0.25, 0.3) is 5.91 Å². The molecule has 1 aliphatic rings. The number of carbonyl (C=O) groups excluding carboxylic acids is 1. The Morgan fingerprint density at radius 2 is 1.89 bits per heavy atom. The second-order valence-electron chi connectivity index (χ2n) is 8.35. The van der Waals surface area contributed by atoms with Crippen LogP contribution in [0.1, 0.15) is 22.3 Å². The fourth-order valence-electron chi connectivity index (χ4n) is 4.00. The Morgan fingerprint density at radius 1 is 1.11 bits per heavy atom. The number of thiocarbonyl (C=S) groups is 1. The molecule has 9 nitrogen and oxygen atoms in total. The molecule has 0 unspecified atom stereocenters. The number of carboxylic acids is 1. The number of H-pyrrole nitrogens is 1. The van der Waals surface area contributed by atoms with Crippen molar-refractivity contribution in [1.29, 1.82) is 0 Å². The molecular formula is C27H22N4O5S2. The number of aromatic nitrogens is 3. The maximum atomic E-state index is 13.1. The number of nitrogens with one attached hydrogen (secondary N) is 1. The number of ether oxygens (including phenoxy) is 2. The van der Waals surface area contributed by atoms with E-state index in [0.29, 0.717) is 40.3 Å². The average Bonchev–Trinajstić information content (AvgIpc) is 3.50. The molecule has 0 bridgehead atoms. The minimum atomic E-state index is -0.988. The van der Waals surface area contributed by atoms with Crippen molar-refractivity contribution in [3.05, 3.63) is 76.7 Å². The summed E-state index contributed by atoms with van der Waals surface area (Å²) in [5, 5.41) is 19.9. The quantitative estimate of drug-likeness (QED) is 0.170. The van der Waals surface area contributed by atoms with Crippen LogP contribution in [0, 0.1) is 0 Å². The topological polar surface area (TPSA) is 118 Å². The first-order valence-corrected chi connectivity index (χ1v) is 12.9. The van der Waals surface area contributed by atoms with Crippen LogP contribution in [0.25, 0.3) is 28.2 Å². The predicted molar refractivity (Wildman–Crippen MR) is 149 cm³/mol. The molecule has 1 aromatic heterocycles. The van der Waals surface area contributed by atoms with Gasteiger partial charge < -0.3 is 14.6 Å². The molecule has 38 heavy (non-hydrogen) atoms. The van der Waals surface area contributed by atoms with E-state index in [1.807, 2.05) is 42.5 Å². The van der Waals surface area contributed by atoms with Crippen LogP contribution < -0.4 is 9.47 Å². The summed E-state index contributed by atoms with van der Waals surface area (Å²) >= 11 is 6.73. The molecule has 0 spiro atoms. The molecule has 0 atom stereocenters. The first-order chi connectivity index (χ1) is 18.4. The summed E-state index contributed by atoms with van der Waals surface area (Å²) in [5.74, 6) is 0.138. The summed E-state index contributed by atoms with van der Waals surface area (Å²) in [6.45, 7) is 0.779. The number of fused-ring (bicyclic) bond motifs is 1. The van der Waals surface area contributed by atoms with Crippen LogP contribution >= 0.6 is 24.0 Å². The maximum absolute atomic E-state index is 13.1. The predicted octanol–water partition coefficient (Wildman–Crippen LogP) is 5.00. The molecule has 1 aliphatic heterocycles. The molecule has 0 aliphatic carbocycles. The van der Waals surface area contributed by atoms with Gasteiger partial charge in [-0.2, -0.15) is 15.4 Å². The Bertz CT molecular complexity index is 1570. The molecule has 11 heteroatoms. The Morgan fingerprint density at radius 3 is 2.66 bits per heavy atom. The van der Waals surface area contributed by atoms with E-state index >= 15 is 0 Å². The third kappa shape index (κ3) is 5.38. The normalized spacial score (nSPS) is 14.4. The number of aromatic amines is 1. The van der Waals surface area contributed by atoms with E-state index in [4.69, 9.17) is 26.8 Å². The molecule has 1 fully saturated rings. The zero-order valence-electron chi connectivity index (χ0n) is 20.2. The molecule has 5 rings (SSSR count). The number of nitrogens with zero attached hydrogens (tertiary/aromatic N) is 3. The van der Waals surface area contributed by atoms with Crippen molar-refractivity contribution in [2.45, 2.75) is 6.42 Å². The fourth-order valence-corrected chi connectivity index (χ4v) is 5.31. The van der Waals surface area contributed by atoms with Crippen molar-refractivity contribution in [3.63, 3.8) is 0 Å². The van der Waals surface area contributed by atoms with Gasteiger partial charge in [-0.1, -0.05) is 36.1 Å². The van der Waals surface area contributed by atoms with Gasteiger partial charge in [0.15, 0.2) is 0 Å². The van der Waals surface area contributed by atoms with E-state index in [1.54, 1.807) is 24.1 Å². The first-order valence-electron chi connectivity index (χ1n) is 11.6. The van der Waals surface area contributed by atoms with Crippen LogP contribution in [-0.4, -0.2) is 61.9 Å². The van der Waals surface area contributed by atoms with Gasteiger partial charge in [0.2, 0.25) is 0 Å². The Kier molecular flexibility index (Phi) is 7.38. The van der Waals surface area contributed by atoms with E-state index in [-0.39, 0.29) is 11.5 Å². The molecule has 0 radical (unpaired) electrons. The van der Waals surface area contributed by atoms with E-state index < -0.39 is 5.97 Å². The van der Waals surface area contributed by atoms with Gasteiger partial charge in [-0.05, 0) is 72.2 Å².